The maximum atomic E-state index is 13.4. The third kappa shape index (κ3) is 5.13. The summed E-state index contributed by atoms with van der Waals surface area (Å²) in [6, 6.07) is 2.94. The highest BCUT2D eigenvalue weighted by atomic mass is 19.1. The van der Waals surface area contributed by atoms with Crippen LogP contribution in [0.5, 0.6) is 0 Å². The molecule has 0 spiro atoms. The largest absolute Gasteiger partial charge is 0.395 e. The van der Waals surface area contributed by atoms with Gasteiger partial charge in [-0.05, 0) is 36.6 Å². The van der Waals surface area contributed by atoms with E-state index in [0.717, 1.165) is 24.6 Å². The van der Waals surface area contributed by atoms with Crippen LogP contribution >= 0.6 is 0 Å². The number of hydrogen-bond acceptors (Lipinski definition) is 2. The molecule has 2 amide bonds. The first kappa shape index (κ1) is 16.4. The minimum absolute atomic E-state index is 0.105. The Morgan fingerprint density at radius 2 is 2.10 bits per heavy atom. The number of benzene rings is 1. The molecule has 0 bridgehead atoms. The third-order valence-electron chi connectivity index (χ3n) is 2.83. The molecule has 0 heterocycles. The summed E-state index contributed by atoms with van der Waals surface area (Å²) in [6.07, 6.45) is 1.00. The number of aliphatic hydroxyl groups is 1. The number of urea groups is 1. The van der Waals surface area contributed by atoms with Gasteiger partial charge < -0.3 is 15.3 Å². The van der Waals surface area contributed by atoms with E-state index in [4.69, 9.17) is 5.11 Å². The summed E-state index contributed by atoms with van der Waals surface area (Å²) in [5.74, 6) is -0.984. The van der Waals surface area contributed by atoms with Gasteiger partial charge in [-0.25, -0.2) is 13.6 Å². The van der Waals surface area contributed by atoms with Crippen LogP contribution in [0.1, 0.15) is 18.9 Å². The van der Waals surface area contributed by atoms with Crippen LogP contribution < -0.4 is 5.32 Å². The van der Waals surface area contributed by atoms with Crippen LogP contribution in [0.3, 0.4) is 0 Å². The fourth-order valence-electron chi connectivity index (χ4n) is 1.86. The summed E-state index contributed by atoms with van der Waals surface area (Å²) in [6.45, 7) is 2.84. The molecule has 0 unspecified atom stereocenters. The van der Waals surface area contributed by atoms with Gasteiger partial charge in [0.1, 0.15) is 11.6 Å². The minimum atomic E-state index is -0.499. The summed E-state index contributed by atoms with van der Waals surface area (Å²) < 4.78 is 26.3. The van der Waals surface area contributed by atoms with Crippen molar-refractivity contribution in [3.63, 3.8) is 0 Å². The average molecular weight is 286 g/mol. The lowest BCUT2D eigenvalue weighted by Crippen LogP contribution is -2.42. The topological polar surface area (TPSA) is 52.6 Å². The molecule has 4 nitrogen and oxygen atoms in total. The van der Waals surface area contributed by atoms with Gasteiger partial charge in [-0.15, -0.1) is 0 Å². The fourth-order valence-corrected chi connectivity index (χ4v) is 1.86. The number of carbonyl (C=O) groups excluding carboxylic acids is 1. The average Bonchev–Trinajstić information content (AvgIpc) is 2.42. The van der Waals surface area contributed by atoms with Crippen LogP contribution in [0.15, 0.2) is 18.2 Å². The zero-order chi connectivity index (χ0) is 15.0. The van der Waals surface area contributed by atoms with Crippen LogP contribution in [0.2, 0.25) is 0 Å². The second-order valence-corrected chi connectivity index (χ2v) is 4.43. The van der Waals surface area contributed by atoms with Crippen LogP contribution in [-0.4, -0.2) is 42.3 Å². The molecule has 6 heteroatoms. The van der Waals surface area contributed by atoms with Gasteiger partial charge in [-0.1, -0.05) is 6.92 Å². The molecule has 0 aliphatic rings. The van der Waals surface area contributed by atoms with Gasteiger partial charge in [0.15, 0.2) is 0 Å². The van der Waals surface area contributed by atoms with Crippen molar-refractivity contribution in [1.82, 2.24) is 10.2 Å². The number of hydrogen-bond donors (Lipinski definition) is 2. The predicted octanol–water partition coefficient (Wildman–Crippen LogP) is 1.92. The Balaban J connectivity index is 2.46. The summed E-state index contributed by atoms with van der Waals surface area (Å²) >= 11 is 0. The van der Waals surface area contributed by atoms with E-state index in [2.05, 4.69) is 5.32 Å². The normalized spacial score (nSPS) is 10.4. The Hall–Kier alpha value is -1.69. The highest BCUT2D eigenvalue weighted by Gasteiger charge is 2.11. The molecule has 0 saturated carbocycles. The molecule has 112 valence electrons. The Morgan fingerprint density at radius 3 is 2.75 bits per heavy atom. The number of rotatable bonds is 7. The second-order valence-electron chi connectivity index (χ2n) is 4.43. The Labute approximate surface area is 117 Å². The summed E-state index contributed by atoms with van der Waals surface area (Å²) in [4.78, 5) is 13.3. The van der Waals surface area contributed by atoms with E-state index in [1.54, 1.807) is 0 Å². The summed E-state index contributed by atoms with van der Waals surface area (Å²) in [5.41, 5.74) is 0.231. The monoisotopic (exact) mass is 286 g/mol. The highest BCUT2D eigenvalue weighted by molar-refractivity contribution is 5.74. The van der Waals surface area contributed by atoms with Gasteiger partial charge in [0.2, 0.25) is 0 Å². The zero-order valence-corrected chi connectivity index (χ0v) is 11.5. The standard InChI is InChI=1S/C14H20F2N2O2/c1-2-7-18(8-9-19)14(20)17-6-5-11-10-12(15)3-4-13(11)16/h3-4,10,19H,2,5-9H2,1H3,(H,17,20). The molecule has 0 atom stereocenters. The Morgan fingerprint density at radius 1 is 1.35 bits per heavy atom. The van der Waals surface area contributed by atoms with E-state index in [0.29, 0.717) is 6.54 Å². The number of nitrogens with one attached hydrogen (secondary N) is 1. The van der Waals surface area contributed by atoms with Gasteiger partial charge in [0.05, 0.1) is 6.61 Å². The van der Waals surface area contributed by atoms with Gasteiger partial charge in [0.25, 0.3) is 0 Å². The number of carbonyl (C=O) groups is 1. The maximum absolute atomic E-state index is 13.4. The summed E-state index contributed by atoms with van der Waals surface area (Å²) in [5, 5.41) is 11.5. The molecule has 0 saturated heterocycles. The van der Waals surface area contributed by atoms with Crippen molar-refractivity contribution < 1.29 is 18.7 Å². The van der Waals surface area contributed by atoms with Crippen molar-refractivity contribution in [2.75, 3.05) is 26.2 Å². The van der Waals surface area contributed by atoms with Gasteiger partial charge in [-0.2, -0.15) is 0 Å². The van der Waals surface area contributed by atoms with E-state index in [9.17, 15) is 13.6 Å². The molecule has 0 aliphatic heterocycles. The third-order valence-corrected chi connectivity index (χ3v) is 2.83. The predicted molar refractivity (Wildman–Crippen MR) is 72.4 cm³/mol. The molecule has 1 aromatic carbocycles. The van der Waals surface area contributed by atoms with E-state index in [-0.39, 0.29) is 37.7 Å². The maximum Gasteiger partial charge on any atom is 0.317 e. The van der Waals surface area contributed by atoms with E-state index in [1.807, 2.05) is 6.92 Å². The first-order valence-electron chi connectivity index (χ1n) is 6.66. The molecule has 1 rings (SSSR count). The lowest BCUT2D eigenvalue weighted by atomic mass is 10.1. The van der Waals surface area contributed by atoms with Crippen molar-refractivity contribution in [1.29, 1.82) is 0 Å². The highest BCUT2D eigenvalue weighted by Crippen LogP contribution is 2.09. The molecule has 0 radical (unpaired) electrons. The molecule has 0 aromatic heterocycles. The van der Waals surface area contributed by atoms with Crippen LogP contribution in [0.25, 0.3) is 0 Å². The van der Waals surface area contributed by atoms with Crippen molar-refractivity contribution >= 4 is 6.03 Å². The lowest BCUT2D eigenvalue weighted by Gasteiger charge is -2.21. The van der Waals surface area contributed by atoms with E-state index >= 15 is 0 Å². The quantitative estimate of drug-likeness (QED) is 0.804. The number of halogens is 2. The Kier molecular flexibility index (Phi) is 6.93. The second kappa shape index (κ2) is 8.47. The molecule has 20 heavy (non-hydrogen) atoms. The SMILES string of the molecule is CCCN(CCO)C(=O)NCCc1cc(F)ccc1F. The fraction of sp³-hybridized carbons (Fsp3) is 0.500. The lowest BCUT2D eigenvalue weighted by molar-refractivity contribution is 0.177. The van der Waals surface area contributed by atoms with Crippen LogP contribution in [0, 0.1) is 11.6 Å². The Bertz CT molecular complexity index is 435. The molecule has 1 aromatic rings. The first-order valence-corrected chi connectivity index (χ1v) is 6.66. The van der Waals surface area contributed by atoms with E-state index < -0.39 is 11.6 Å². The van der Waals surface area contributed by atoms with Gasteiger partial charge in [-0.3, -0.25) is 0 Å². The van der Waals surface area contributed by atoms with E-state index in [1.165, 1.54) is 4.90 Å². The van der Waals surface area contributed by atoms with Gasteiger partial charge in [0, 0.05) is 19.6 Å². The molecule has 0 fully saturated rings. The van der Waals surface area contributed by atoms with Crippen molar-refractivity contribution in [2.24, 2.45) is 0 Å². The number of nitrogens with zero attached hydrogens (tertiary/aromatic N) is 1. The number of aliphatic hydroxyl groups excluding tert-OH is 1. The molecular weight excluding hydrogens is 266 g/mol. The minimum Gasteiger partial charge on any atom is -0.395 e. The zero-order valence-electron chi connectivity index (χ0n) is 11.5. The van der Waals surface area contributed by atoms with Crippen molar-refractivity contribution in [3.05, 3.63) is 35.4 Å². The van der Waals surface area contributed by atoms with Crippen molar-refractivity contribution in [2.45, 2.75) is 19.8 Å². The number of amides is 2. The van der Waals surface area contributed by atoms with Crippen LogP contribution in [-0.2, 0) is 6.42 Å². The van der Waals surface area contributed by atoms with Crippen LogP contribution in [0.4, 0.5) is 13.6 Å². The van der Waals surface area contributed by atoms with Crippen molar-refractivity contribution in [3.8, 4) is 0 Å². The molecule has 0 aliphatic carbocycles. The smallest absolute Gasteiger partial charge is 0.317 e. The molecular formula is C14H20F2N2O2. The molecule has 2 N–H and O–H groups in total. The first-order chi connectivity index (χ1) is 9.58. The van der Waals surface area contributed by atoms with Gasteiger partial charge >= 0.3 is 6.03 Å². The summed E-state index contributed by atoms with van der Waals surface area (Å²) in [7, 11) is 0.